The van der Waals surface area contributed by atoms with Crippen molar-refractivity contribution in [3.05, 3.63) is 0 Å². The molecule has 1 N–H and O–H groups in total. The third-order valence-electron chi connectivity index (χ3n) is 2.38. The maximum atomic E-state index is 8.67. The van der Waals surface area contributed by atoms with Gasteiger partial charge in [0.1, 0.15) is 0 Å². The van der Waals surface area contributed by atoms with Crippen molar-refractivity contribution in [3.63, 3.8) is 0 Å². The summed E-state index contributed by atoms with van der Waals surface area (Å²) in [5.74, 6) is 0.793. The van der Waals surface area contributed by atoms with Crippen molar-refractivity contribution in [1.29, 1.82) is 0 Å². The second-order valence-electron chi connectivity index (χ2n) is 3.26. The van der Waals surface area contributed by atoms with E-state index < -0.39 is 0 Å². The first-order chi connectivity index (χ1) is 4.83. The van der Waals surface area contributed by atoms with E-state index in [0.717, 1.165) is 12.3 Å². The third-order valence-corrected chi connectivity index (χ3v) is 2.38. The predicted molar refractivity (Wildman–Crippen MR) is 41.9 cm³/mol. The van der Waals surface area contributed by atoms with Crippen LogP contribution in [-0.4, -0.2) is 36.8 Å². The second-order valence-corrected chi connectivity index (χ2v) is 3.26. The average Bonchev–Trinajstić information content (AvgIpc) is 1.95. The van der Waals surface area contributed by atoms with Crippen LogP contribution < -0.4 is 0 Å². The topological polar surface area (TPSA) is 23.5 Å². The van der Waals surface area contributed by atoms with E-state index >= 15 is 0 Å². The SMILES string of the molecule is CN1CCC(CCO)CC1.[Ac]. The van der Waals surface area contributed by atoms with Gasteiger partial charge >= 0.3 is 0 Å². The molecule has 2 nitrogen and oxygen atoms in total. The molecular weight excluding hydrogens is 353 g/mol. The van der Waals surface area contributed by atoms with Gasteiger partial charge in [-0.05, 0) is 45.3 Å². The number of likely N-dealkylation sites (tertiary alicyclic amines) is 1. The van der Waals surface area contributed by atoms with Crippen LogP contribution in [-0.2, 0) is 0 Å². The van der Waals surface area contributed by atoms with E-state index in [1.165, 1.54) is 25.9 Å². The number of aliphatic hydroxyl groups excluding tert-OH is 1. The standard InChI is InChI=1S/C8H17NO.Ac/c1-9-5-2-8(3-6-9)4-7-10;/h8,10H,2-7H2,1H3;. The number of nitrogens with zero attached hydrogens (tertiary/aromatic N) is 1. The molecule has 0 aromatic carbocycles. The van der Waals surface area contributed by atoms with Crippen molar-refractivity contribution >= 4 is 0 Å². The van der Waals surface area contributed by atoms with Crippen LogP contribution in [0.15, 0.2) is 0 Å². The first kappa shape index (κ1) is 12.4. The smallest absolute Gasteiger partial charge is 0.0433 e. The molecule has 3 heteroatoms. The number of rotatable bonds is 2. The summed E-state index contributed by atoms with van der Waals surface area (Å²) in [5.41, 5.74) is 0. The van der Waals surface area contributed by atoms with Crippen molar-refractivity contribution in [1.82, 2.24) is 4.90 Å². The molecule has 0 amide bonds. The summed E-state index contributed by atoms with van der Waals surface area (Å²) in [6.45, 7) is 2.80. The monoisotopic (exact) mass is 370 g/mol. The molecule has 0 bridgehead atoms. The van der Waals surface area contributed by atoms with Gasteiger partial charge in [0, 0.05) is 50.7 Å². The molecule has 1 aliphatic rings. The summed E-state index contributed by atoms with van der Waals surface area (Å²) in [4.78, 5) is 2.36. The Balaban J connectivity index is 0.000001000. The minimum Gasteiger partial charge on any atom is -0.396 e. The van der Waals surface area contributed by atoms with Crippen LogP contribution in [0, 0.1) is 50.0 Å². The van der Waals surface area contributed by atoms with Gasteiger partial charge in [0.15, 0.2) is 0 Å². The van der Waals surface area contributed by atoms with Crippen LogP contribution in [0.3, 0.4) is 0 Å². The summed E-state index contributed by atoms with van der Waals surface area (Å²) in [7, 11) is 2.16. The van der Waals surface area contributed by atoms with Gasteiger partial charge in [-0.2, -0.15) is 0 Å². The van der Waals surface area contributed by atoms with Gasteiger partial charge in [-0.25, -0.2) is 0 Å². The van der Waals surface area contributed by atoms with E-state index in [1.54, 1.807) is 0 Å². The van der Waals surface area contributed by atoms with E-state index in [-0.39, 0.29) is 44.1 Å². The van der Waals surface area contributed by atoms with Crippen LogP contribution in [0.1, 0.15) is 19.3 Å². The Labute approximate surface area is 105 Å². The molecule has 0 saturated carbocycles. The fraction of sp³-hybridized carbons (Fsp3) is 1.00. The number of hydrogen-bond donors (Lipinski definition) is 1. The van der Waals surface area contributed by atoms with Gasteiger partial charge in [-0.15, -0.1) is 0 Å². The van der Waals surface area contributed by atoms with Gasteiger partial charge < -0.3 is 10.0 Å². The molecule has 1 rings (SSSR count). The molecule has 1 aliphatic heterocycles. The van der Waals surface area contributed by atoms with Gasteiger partial charge in [0.25, 0.3) is 0 Å². The fourth-order valence-electron chi connectivity index (χ4n) is 1.53. The first-order valence-electron chi connectivity index (χ1n) is 4.12. The Morgan fingerprint density at radius 2 is 1.91 bits per heavy atom. The maximum Gasteiger partial charge on any atom is 0.0433 e. The summed E-state index contributed by atoms with van der Waals surface area (Å²) in [6, 6.07) is 0. The molecule has 0 unspecified atom stereocenters. The molecule has 0 aromatic rings. The third kappa shape index (κ3) is 4.83. The van der Waals surface area contributed by atoms with Crippen molar-refractivity contribution in [2.24, 2.45) is 5.92 Å². The maximum absolute atomic E-state index is 8.67. The number of aliphatic hydroxyl groups is 1. The Bertz CT molecular complexity index is 92.1. The molecule has 63 valence electrons. The molecule has 0 aliphatic carbocycles. The van der Waals surface area contributed by atoms with E-state index in [4.69, 9.17) is 5.11 Å². The van der Waals surface area contributed by atoms with Crippen molar-refractivity contribution in [2.75, 3.05) is 26.7 Å². The van der Waals surface area contributed by atoms with Crippen molar-refractivity contribution in [2.45, 2.75) is 19.3 Å². The molecule has 11 heavy (non-hydrogen) atoms. The molecule has 1 fully saturated rings. The van der Waals surface area contributed by atoms with Gasteiger partial charge in [-0.3, -0.25) is 0 Å². The predicted octanol–water partition coefficient (Wildman–Crippen LogP) is 0.711. The van der Waals surface area contributed by atoms with Gasteiger partial charge in [0.2, 0.25) is 0 Å². The minimum atomic E-state index is 0. The van der Waals surface area contributed by atoms with E-state index in [9.17, 15) is 0 Å². The molecule has 0 aromatic heterocycles. The zero-order chi connectivity index (χ0) is 7.40. The number of hydrogen-bond acceptors (Lipinski definition) is 2. The van der Waals surface area contributed by atoms with Crippen LogP contribution in [0.5, 0.6) is 0 Å². The van der Waals surface area contributed by atoms with Gasteiger partial charge in [-0.1, -0.05) is 0 Å². The minimum absolute atomic E-state index is 0. The zero-order valence-corrected chi connectivity index (χ0v) is 12.0. The second kappa shape index (κ2) is 6.83. The van der Waals surface area contributed by atoms with Crippen molar-refractivity contribution in [3.8, 4) is 0 Å². The molecule has 1 radical (unpaired) electrons. The number of piperidine rings is 1. The van der Waals surface area contributed by atoms with Crippen molar-refractivity contribution < 1.29 is 49.2 Å². The Kier molecular flexibility index (Phi) is 7.68. The Morgan fingerprint density at radius 3 is 2.36 bits per heavy atom. The average molecular weight is 370 g/mol. The Morgan fingerprint density at radius 1 is 1.36 bits per heavy atom. The van der Waals surface area contributed by atoms with Crippen LogP contribution in [0.25, 0.3) is 0 Å². The quantitative estimate of drug-likeness (QED) is 0.774. The van der Waals surface area contributed by atoms with E-state index in [0.29, 0.717) is 6.61 Å². The molecule has 1 saturated heterocycles. The van der Waals surface area contributed by atoms with Crippen LogP contribution >= 0.6 is 0 Å². The van der Waals surface area contributed by atoms with Gasteiger partial charge in [0.05, 0.1) is 0 Å². The van der Waals surface area contributed by atoms with E-state index in [2.05, 4.69) is 11.9 Å². The fourth-order valence-corrected chi connectivity index (χ4v) is 1.53. The summed E-state index contributed by atoms with van der Waals surface area (Å²) < 4.78 is 0. The van der Waals surface area contributed by atoms with Crippen LogP contribution in [0.4, 0.5) is 0 Å². The Hall–Kier alpha value is 1.36. The van der Waals surface area contributed by atoms with Crippen LogP contribution in [0.2, 0.25) is 0 Å². The summed E-state index contributed by atoms with van der Waals surface area (Å²) >= 11 is 0. The molecule has 0 atom stereocenters. The molecule has 0 spiro atoms. The normalized spacial score (nSPS) is 21.3. The summed E-state index contributed by atoms with van der Waals surface area (Å²) in [6.07, 6.45) is 3.56. The zero-order valence-electron chi connectivity index (χ0n) is 7.29. The molecule has 1 heterocycles. The molecular formula is C8H17AcNO. The van der Waals surface area contributed by atoms with E-state index in [1.807, 2.05) is 0 Å². The largest absolute Gasteiger partial charge is 0.396 e. The summed E-state index contributed by atoms with van der Waals surface area (Å²) in [5, 5.41) is 8.67. The first-order valence-corrected chi connectivity index (χ1v) is 4.12.